The molecule has 0 saturated heterocycles. The van der Waals surface area contributed by atoms with Crippen LogP contribution in [0.1, 0.15) is 48.5 Å². The topological polar surface area (TPSA) is 55.7 Å². The van der Waals surface area contributed by atoms with Gasteiger partial charge in [0.1, 0.15) is 0 Å². The molecular formula is C15H33ClN3NaO2. The van der Waals surface area contributed by atoms with Crippen molar-refractivity contribution in [2.24, 2.45) is 4.99 Å². The maximum atomic E-state index is 8.89. The van der Waals surface area contributed by atoms with Gasteiger partial charge in [-0.25, -0.2) is 4.99 Å². The number of aliphatic carboxylic acids is 1. The predicted octanol–water partition coefficient (Wildman–Crippen LogP) is -4.66. The number of hydrogen-bond donors (Lipinski definition) is 0. The number of carbonyl (C=O) groups excluding carboxylic acids is 1. The molecule has 0 aliphatic heterocycles. The molecule has 0 rings (SSSR count). The first kappa shape index (κ1) is 30.1. The molecule has 0 fully saturated rings. The van der Waals surface area contributed by atoms with E-state index in [4.69, 9.17) is 14.9 Å². The Kier molecular flexibility index (Phi) is 24.0. The summed E-state index contributed by atoms with van der Waals surface area (Å²) >= 11 is 0. The molecule has 0 radical (unpaired) electrons. The van der Waals surface area contributed by atoms with Crippen LogP contribution in [0.4, 0.5) is 0 Å². The van der Waals surface area contributed by atoms with Crippen molar-refractivity contribution in [1.82, 2.24) is 4.90 Å². The van der Waals surface area contributed by atoms with E-state index in [-0.39, 0.29) is 42.0 Å². The van der Waals surface area contributed by atoms with Crippen LogP contribution < -0.4 is 47.1 Å². The molecule has 0 unspecified atom stereocenters. The first-order chi connectivity index (χ1) is 9.38. The molecule has 0 N–H and O–H groups in total. The van der Waals surface area contributed by atoms with Crippen LogP contribution in [0.25, 0.3) is 0 Å². The van der Waals surface area contributed by atoms with Gasteiger partial charge in [-0.1, -0.05) is 0 Å². The Balaban J connectivity index is -0.000000240. The van der Waals surface area contributed by atoms with Gasteiger partial charge in [0.25, 0.3) is 5.96 Å². The van der Waals surface area contributed by atoms with Crippen LogP contribution in [0.2, 0.25) is 0 Å². The molecule has 0 aliphatic carbocycles. The third-order valence-corrected chi connectivity index (χ3v) is 3.59. The number of rotatable bonds is 6. The summed E-state index contributed by atoms with van der Waals surface area (Å²) in [6.45, 7) is 20.7. The average molecular weight is 346 g/mol. The van der Waals surface area contributed by atoms with Crippen molar-refractivity contribution >= 4 is 11.9 Å². The molecule has 7 heteroatoms. The number of guanidine groups is 1. The zero-order valence-corrected chi connectivity index (χ0v) is 18.5. The smallest absolute Gasteiger partial charge is 1.00 e. The minimum atomic E-state index is -1.08. The summed E-state index contributed by atoms with van der Waals surface area (Å²) < 4.78 is 1.01. The minimum Gasteiger partial charge on any atom is -1.00 e. The Morgan fingerprint density at radius 1 is 1.00 bits per heavy atom. The standard InChI is InChI=1S/C13H30N3.C2H4O2.ClH.Na/c1-7-14-13(15(8-2)9-3)16(10-4,11-5)12-6;1-2(3)4;;/h7-12H2,1-6H3;1H3,(H,3,4);1H;/q+1;;;+1/p-2. The summed E-state index contributed by atoms with van der Waals surface area (Å²) in [7, 11) is 0. The Morgan fingerprint density at radius 3 is 1.50 bits per heavy atom. The quantitative estimate of drug-likeness (QED) is 0.210. The maximum Gasteiger partial charge on any atom is 1.00 e. The monoisotopic (exact) mass is 345 g/mol. The van der Waals surface area contributed by atoms with Gasteiger partial charge in [-0.05, 0) is 48.5 Å². The Bertz CT molecular complexity index is 282. The molecule has 0 saturated carbocycles. The molecule has 0 aromatic rings. The molecule has 0 aromatic carbocycles. The second-order valence-corrected chi connectivity index (χ2v) is 4.53. The largest absolute Gasteiger partial charge is 1.00 e. The van der Waals surface area contributed by atoms with Crippen LogP contribution in [0.5, 0.6) is 0 Å². The molecule has 0 atom stereocenters. The van der Waals surface area contributed by atoms with E-state index in [9.17, 15) is 0 Å². The molecule has 5 nitrogen and oxygen atoms in total. The normalized spacial score (nSPS) is 10.6. The van der Waals surface area contributed by atoms with E-state index in [1.165, 1.54) is 5.96 Å². The summed E-state index contributed by atoms with van der Waals surface area (Å²) in [6.07, 6.45) is 0. The van der Waals surface area contributed by atoms with Crippen molar-refractivity contribution in [3.05, 3.63) is 0 Å². The van der Waals surface area contributed by atoms with Crippen LogP contribution in [-0.4, -0.2) is 60.6 Å². The Hall–Kier alpha value is 0.190. The van der Waals surface area contributed by atoms with Crippen LogP contribution in [-0.2, 0) is 4.79 Å². The molecule has 0 aliphatic rings. The fraction of sp³-hybridized carbons (Fsp3) is 0.867. The number of carboxylic acids is 1. The molecule has 128 valence electrons. The van der Waals surface area contributed by atoms with Crippen molar-refractivity contribution in [3.63, 3.8) is 0 Å². The molecule has 0 bridgehead atoms. The molecule has 0 spiro atoms. The van der Waals surface area contributed by atoms with Gasteiger partial charge in [0.05, 0.1) is 19.6 Å². The average Bonchev–Trinajstić information content (AvgIpc) is 2.42. The number of nitrogens with zero attached hydrogens (tertiary/aromatic N) is 3. The second kappa shape index (κ2) is 17.5. The molecule has 0 aromatic heterocycles. The van der Waals surface area contributed by atoms with Gasteiger partial charge in [-0.3, -0.25) is 4.48 Å². The van der Waals surface area contributed by atoms with E-state index in [2.05, 4.69) is 46.4 Å². The third-order valence-electron chi connectivity index (χ3n) is 3.59. The number of carbonyl (C=O) groups is 1. The summed E-state index contributed by atoms with van der Waals surface area (Å²) in [4.78, 5) is 16.1. The number of hydrogen-bond acceptors (Lipinski definition) is 3. The SMILES string of the molecule is CC(=O)[O-].CCN=C(N(CC)CC)[N+](CC)(CC)CC.[Cl-].[Na+]. The van der Waals surface area contributed by atoms with Crippen molar-refractivity contribution in [3.8, 4) is 0 Å². The number of aliphatic imine (C=N–C) groups is 1. The third kappa shape index (κ3) is 10.8. The maximum absolute atomic E-state index is 8.89. The van der Waals surface area contributed by atoms with Crippen LogP contribution >= 0.6 is 0 Å². The van der Waals surface area contributed by atoms with Gasteiger partial charge in [0.15, 0.2) is 0 Å². The van der Waals surface area contributed by atoms with Crippen molar-refractivity contribution < 1.29 is 56.3 Å². The van der Waals surface area contributed by atoms with Crippen molar-refractivity contribution in [2.75, 3.05) is 39.3 Å². The minimum absolute atomic E-state index is 0. The summed E-state index contributed by atoms with van der Waals surface area (Å²) in [5, 5.41) is 8.89. The first-order valence-electron chi connectivity index (χ1n) is 7.72. The molecular weight excluding hydrogens is 313 g/mol. The molecule has 0 amide bonds. The fourth-order valence-electron chi connectivity index (χ4n) is 2.29. The summed E-state index contributed by atoms with van der Waals surface area (Å²) in [5.74, 6) is 0.194. The summed E-state index contributed by atoms with van der Waals surface area (Å²) in [6, 6.07) is 0. The van der Waals surface area contributed by atoms with Crippen LogP contribution in [0.15, 0.2) is 4.99 Å². The molecule has 0 heterocycles. The van der Waals surface area contributed by atoms with E-state index in [1.54, 1.807) is 0 Å². The van der Waals surface area contributed by atoms with E-state index in [0.29, 0.717) is 0 Å². The van der Waals surface area contributed by atoms with Crippen LogP contribution in [0.3, 0.4) is 0 Å². The molecule has 22 heavy (non-hydrogen) atoms. The number of carboxylic acid groups (broad SMARTS) is 1. The summed E-state index contributed by atoms with van der Waals surface area (Å²) in [5.41, 5.74) is 0. The first-order valence-corrected chi connectivity index (χ1v) is 7.72. The van der Waals surface area contributed by atoms with Crippen LogP contribution in [0, 0.1) is 0 Å². The van der Waals surface area contributed by atoms with E-state index < -0.39 is 5.97 Å². The van der Waals surface area contributed by atoms with Gasteiger partial charge < -0.3 is 27.2 Å². The van der Waals surface area contributed by atoms with Crippen molar-refractivity contribution in [2.45, 2.75) is 48.5 Å². The Labute approximate surface area is 165 Å². The van der Waals surface area contributed by atoms with Gasteiger partial charge in [-0.2, -0.15) is 0 Å². The second-order valence-electron chi connectivity index (χ2n) is 4.53. The number of halogens is 1. The van der Waals surface area contributed by atoms with Crippen molar-refractivity contribution in [1.29, 1.82) is 0 Å². The van der Waals surface area contributed by atoms with Gasteiger partial charge in [-0.15, -0.1) is 0 Å². The zero-order valence-electron chi connectivity index (χ0n) is 15.8. The van der Waals surface area contributed by atoms with Gasteiger partial charge in [0, 0.05) is 25.6 Å². The van der Waals surface area contributed by atoms with E-state index in [0.717, 1.165) is 50.7 Å². The van der Waals surface area contributed by atoms with Gasteiger partial charge >= 0.3 is 29.6 Å². The predicted molar refractivity (Wildman–Crippen MR) is 83.5 cm³/mol. The van der Waals surface area contributed by atoms with E-state index in [1.807, 2.05) is 0 Å². The number of quaternary nitrogens is 1. The fourth-order valence-corrected chi connectivity index (χ4v) is 2.29. The Morgan fingerprint density at radius 2 is 1.32 bits per heavy atom. The van der Waals surface area contributed by atoms with Gasteiger partial charge in [0.2, 0.25) is 0 Å². The van der Waals surface area contributed by atoms with E-state index >= 15 is 0 Å². The zero-order chi connectivity index (χ0) is 16.2.